The van der Waals surface area contributed by atoms with Crippen molar-refractivity contribution in [2.24, 2.45) is 5.41 Å². The van der Waals surface area contributed by atoms with E-state index in [1.165, 1.54) is 24.0 Å². The molecule has 4 rings (SSSR count). The van der Waals surface area contributed by atoms with Gasteiger partial charge in [0.25, 0.3) is 0 Å². The Labute approximate surface area is 118 Å². The zero-order valence-corrected chi connectivity index (χ0v) is 11.8. The van der Waals surface area contributed by atoms with Crippen LogP contribution in [0.1, 0.15) is 0 Å². The summed E-state index contributed by atoms with van der Waals surface area (Å²) in [7, 11) is 1.71. The van der Waals surface area contributed by atoms with Crippen LogP contribution in [0.25, 0.3) is 10.9 Å². The number of hydrogen-bond donors (Lipinski definition) is 0. The van der Waals surface area contributed by atoms with E-state index in [0.29, 0.717) is 5.41 Å². The SMILES string of the molecule is COc1ccc2c(ccn2CCN2CC3(COC3)C2)c1. The topological polar surface area (TPSA) is 26.6 Å². The second-order valence-corrected chi connectivity index (χ2v) is 6.14. The summed E-state index contributed by atoms with van der Waals surface area (Å²) in [6.07, 6.45) is 2.17. The molecule has 106 valence electrons. The van der Waals surface area contributed by atoms with Gasteiger partial charge in [-0.2, -0.15) is 0 Å². The van der Waals surface area contributed by atoms with Crippen LogP contribution in [0.15, 0.2) is 30.5 Å². The Balaban J connectivity index is 1.41. The third-order valence-corrected chi connectivity index (χ3v) is 4.57. The molecule has 0 amide bonds. The average Bonchev–Trinajstić information content (AvgIpc) is 2.77. The molecule has 2 aromatic rings. The molecule has 0 bridgehead atoms. The maximum atomic E-state index is 5.31. The van der Waals surface area contributed by atoms with E-state index in [9.17, 15) is 0 Å². The van der Waals surface area contributed by atoms with Crippen LogP contribution in [-0.2, 0) is 11.3 Å². The fourth-order valence-corrected chi connectivity index (χ4v) is 3.38. The van der Waals surface area contributed by atoms with E-state index in [4.69, 9.17) is 9.47 Å². The van der Waals surface area contributed by atoms with E-state index in [2.05, 4.69) is 33.9 Å². The van der Waals surface area contributed by atoms with Crippen LogP contribution in [0.2, 0.25) is 0 Å². The van der Waals surface area contributed by atoms with Crippen molar-refractivity contribution in [2.45, 2.75) is 6.54 Å². The first-order valence-corrected chi connectivity index (χ1v) is 7.21. The summed E-state index contributed by atoms with van der Waals surface area (Å²) in [5.41, 5.74) is 1.81. The highest BCUT2D eigenvalue weighted by Crippen LogP contribution is 2.37. The number of hydrogen-bond acceptors (Lipinski definition) is 3. The molecule has 4 heteroatoms. The fourth-order valence-electron chi connectivity index (χ4n) is 3.38. The standard InChI is InChI=1S/C16H20N2O2/c1-19-14-2-3-15-13(8-14)4-5-18(15)7-6-17-9-16(10-17)11-20-12-16/h2-5,8H,6-7,9-12H2,1H3. The van der Waals surface area contributed by atoms with Gasteiger partial charge in [-0.25, -0.2) is 0 Å². The fraction of sp³-hybridized carbons (Fsp3) is 0.500. The van der Waals surface area contributed by atoms with Crippen LogP contribution in [0.4, 0.5) is 0 Å². The van der Waals surface area contributed by atoms with E-state index >= 15 is 0 Å². The van der Waals surface area contributed by atoms with E-state index in [1.807, 2.05) is 6.07 Å². The average molecular weight is 272 g/mol. The Hall–Kier alpha value is -1.52. The van der Waals surface area contributed by atoms with Crippen LogP contribution in [0.3, 0.4) is 0 Å². The Morgan fingerprint density at radius 3 is 2.75 bits per heavy atom. The predicted molar refractivity (Wildman–Crippen MR) is 78.2 cm³/mol. The predicted octanol–water partition coefficient (Wildman–Crippen LogP) is 1.98. The summed E-state index contributed by atoms with van der Waals surface area (Å²) in [4.78, 5) is 2.53. The van der Waals surface area contributed by atoms with Crippen molar-refractivity contribution in [1.29, 1.82) is 0 Å². The number of methoxy groups -OCH3 is 1. The minimum absolute atomic E-state index is 0.520. The Kier molecular flexibility index (Phi) is 2.75. The lowest BCUT2D eigenvalue weighted by Gasteiger charge is -2.55. The van der Waals surface area contributed by atoms with Crippen LogP contribution in [-0.4, -0.2) is 49.4 Å². The third-order valence-electron chi connectivity index (χ3n) is 4.57. The molecule has 2 aliphatic rings. The van der Waals surface area contributed by atoms with Gasteiger partial charge in [-0.1, -0.05) is 0 Å². The number of likely N-dealkylation sites (tertiary alicyclic amines) is 1. The van der Waals surface area contributed by atoms with Gasteiger partial charge in [0.2, 0.25) is 0 Å². The summed E-state index contributed by atoms with van der Waals surface area (Å²) >= 11 is 0. The molecule has 1 aromatic heterocycles. The normalized spacial score (nSPS) is 20.9. The van der Waals surface area contributed by atoms with Gasteiger partial charge in [-0.3, -0.25) is 0 Å². The van der Waals surface area contributed by atoms with Gasteiger partial charge < -0.3 is 18.9 Å². The lowest BCUT2D eigenvalue weighted by Crippen LogP contribution is -2.66. The van der Waals surface area contributed by atoms with Gasteiger partial charge in [0, 0.05) is 48.7 Å². The highest BCUT2D eigenvalue weighted by Gasteiger charge is 2.48. The number of benzene rings is 1. The molecule has 2 saturated heterocycles. The van der Waals surface area contributed by atoms with Gasteiger partial charge >= 0.3 is 0 Å². The van der Waals surface area contributed by atoms with Crippen LogP contribution in [0.5, 0.6) is 5.75 Å². The molecular formula is C16H20N2O2. The van der Waals surface area contributed by atoms with Gasteiger partial charge in [-0.05, 0) is 24.3 Å². The number of ether oxygens (including phenoxy) is 2. The molecule has 1 aromatic carbocycles. The van der Waals surface area contributed by atoms with Gasteiger partial charge in [0.1, 0.15) is 5.75 Å². The van der Waals surface area contributed by atoms with Crippen LogP contribution < -0.4 is 4.74 Å². The molecule has 0 aliphatic carbocycles. The summed E-state index contributed by atoms with van der Waals surface area (Å²) < 4.78 is 12.9. The molecule has 0 N–H and O–H groups in total. The summed E-state index contributed by atoms with van der Waals surface area (Å²) in [5, 5.41) is 1.25. The molecule has 4 nitrogen and oxygen atoms in total. The van der Waals surface area contributed by atoms with Crippen molar-refractivity contribution in [2.75, 3.05) is 40.0 Å². The van der Waals surface area contributed by atoms with Gasteiger partial charge in [-0.15, -0.1) is 0 Å². The Bertz CT molecular complexity index is 622. The van der Waals surface area contributed by atoms with Crippen molar-refractivity contribution in [3.63, 3.8) is 0 Å². The first-order chi connectivity index (χ1) is 9.78. The molecule has 1 spiro atoms. The van der Waals surface area contributed by atoms with E-state index in [0.717, 1.165) is 32.1 Å². The van der Waals surface area contributed by atoms with Crippen LogP contribution >= 0.6 is 0 Å². The van der Waals surface area contributed by atoms with Crippen molar-refractivity contribution in [3.8, 4) is 5.75 Å². The monoisotopic (exact) mass is 272 g/mol. The number of rotatable bonds is 4. The van der Waals surface area contributed by atoms with Gasteiger partial charge in [0.15, 0.2) is 0 Å². The summed E-state index contributed by atoms with van der Waals surface area (Å²) in [6.45, 7) is 6.52. The second kappa shape index (κ2) is 4.50. The molecule has 0 unspecified atom stereocenters. The van der Waals surface area contributed by atoms with Crippen molar-refractivity contribution in [1.82, 2.24) is 9.47 Å². The molecule has 20 heavy (non-hydrogen) atoms. The molecule has 0 saturated carbocycles. The van der Waals surface area contributed by atoms with E-state index in [1.54, 1.807) is 7.11 Å². The molecular weight excluding hydrogens is 252 g/mol. The number of fused-ring (bicyclic) bond motifs is 1. The quantitative estimate of drug-likeness (QED) is 0.851. The lowest BCUT2D eigenvalue weighted by atomic mass is 9.78. The first kappa shape index (κ1) is 12.2. The highest BCUT2D eigenvalue weighted by molar-refractivity contribution is 5.81. The Morgan fingerprint density at radius 1 is 1.20 bits per heavy atom. The minimum atomic E-state index is 0.520. The van der Waals surface area contributed by atoms with E-state index < -0.39 is 0 Å². The third kappa shape index (κ3) is 1.91. The zero-order chi connectivity index (χ0) is 13.6. The van der Waals surface area contributed by atoms with Crippen LogP contribution in [0, 0.1) is 5.41 Å². The summed E-state index contributed by atoms with van der Waals surface area (Å²) in [6, 6.07) is 8.43. The largest absolute Gasteiger partial charge is 0.497 e. The maximum Gasteiger partial charge on any atom is 0.119 e. The number of nitrogens with zero attached hydrogens (tertiary/aromatic N) is 2. The second-order valence-electron chi connectivity index (χ2n) is 6.14. The highest BCUT2D eigenvalue weighted by atomic mass is 16.5. The van der Waals surface area contributed by atoms with Crippen molar-refractivity contribution in [3.05, 3.63) is 30.5 Å². The lowest BCUT2D eigenvalue weighted by molar-refractivity contribution is -0.189. The molecule has 3 heterocycles. The maximum absolute atomic E-state index is 5.31. The number of aromatic nitrogens is 1. The van der Waals surface area contributed by atoms with Crippen molar-refractivity contribution < 1.29 is 9.47 Å². The first-order valence-electron chi connectivity index (χ1n) is 7.21. The van der Waals surface area contributed by atoms with Gasteiger partial charge in [0.05, 0.1) is 20.3 Å². The summed E-state index contributed by atoms with van der Waals surface area (Å²) in [5.74, 6) is 0.921. The van der Waals surface area contributed by atoms with Crippen molar-refractivity contribution >= 4 is 10.9 Å². The minimum Gasteiger partial charge on any atom is -0.497 e. The Morgan fingerprint density at radius 2 is 2.05 bits per heavy atom. The molecule has 0 radical (unpaired) electrons. The van der Waals surface area contributed by atoms with E-state index in [-0.39, 0.29) is 0 Å². The molecule has 2 aliphatic heterocycles. The molecule has 0 atom stereocenters. The molecule has 2 fully saturated rings. The zero-order valence-electron chi connectivity index (χ0n) is 11.8. The smallest absolute Gasteiger partial charge is 0.119 e.